The van der Waals surface area contributed by atoms with Gasteiger partial charge < -0.3 is 28.4 Å². The molecule has 3 heterocycles. The summed E-state index contributed by atoms with van der Waals surface area (Å²) in [5, 5.41) is 4.15. The minimum atomic E-state index is 0.299. The van der Waals surface area contributed by atoms with Crippen molar-refractivity contribution in [2.75, 3.05) is 52.1 Å². The summed E-state index contributed by atoms with van der Waals surface area (Å²) in [5.41, 5.74) is 2.03. The molecule has 9 heteroatoms. The maximum Gasteiger partial charge on any atom is 0.324 e. The Hall–Kier alpha value is -3.46. The lowest BCUT2D eigenvalue weighted by atomic mass is 10.1. The summed E-state index contributed by atoms with van der Waals surface area (Å²) in [7, 11) is 3.21. The lowest BCUT2D eigenvalue weighted by molar-refractivity contribution is 0.174. The summed E-state index contributed by atoms with van der Waals surface area (Å²) in [4.78, 5) is 9.11. The van der Waals surface area contributed by atoms with Crippen LogP contribution in [0.1, 0.15) is 5.56 Å². The smallest absolute Gasteiger partial charge is 0.324 e. The highest BCUT2D eigenvalue weighted by molar-refractivity contribution is 5.61. The fourth-order valence-corrected chi connectivity index (χ4v) is 3.83. The highest BCUT2D eigenvalue weighted by Gasteiger charge is 2.23. The van der Waals surface area contributed by atoms with Crippen LogP contribution in [-0.4, -0.2) is 62.2 Å². The summed E-state index contributed by atoms with van der Waals surface area (Å²) in [6.07, 6.45) is 0. The van der Waals surface area contributed by atoms with Gasteiger partial charge in [0.15, 0.2) is 23.0 Å². The SMILES string of the molecule is COc1ccc(-c2noc(N3CCN(Cc4ccc5c(c4)OCO5)CC3)n2)cc1OC. The molecule has 162 valence electrons. The molecular weight excluding hydrogens is 400 g/mol. The zero-order valence-electron chi connectivity index (χ0n) is 17.5. The number of methoxy groups -OCH3 is 2. The molecule has 3 aromatic rings. The molecule has 5 rings (SSSR count). The Morgan fingerprint density at radius 1 is 0.903 bits per heavy atom. The molecule has 9 nitrogen and oxygen atoms in total. The molecule has 2 aromatic carbocycles. The minimum Gasteiger partial charge on any atom is -0.493 e. The number of aromatic nitrogens is 2. The summed E-state index contributed by atoms with van der Waals surface area (Å²) in [5.74, 6) is 3.45. The molecule has 0 saturated carbocycles. The van der Waals surface area contributed by atoms with Crippen molar-refractivity contribution in [2.45, 2.75) is 6.54 Å². The first kappa shape index (κ1) is 19.5. The van der Waals surface area contributed by atoms with Gasteiger partial charge in [-0.25, -0.2) is 0 Å². The Morgan fingerprint density at radius 2 is 1.71 bits per heavy atom. The van der Waals surface area contributed by atoms with Crippen molar-refractivity contribution >= 4 is 6.01 Å². The number of nitrogens with zero attached hydrogens (tertiary/aromatic N) is 4. The average Bonchev–Trinajstić information content (AvgIpc) is 3.49. The van der Waals surface area contributed by atoms with Crippen LogP contribution >= 0.6 is 0 Å². The Labute approximate surface area is 180 Å². The molecule has 31 heavy (non-hydrogen) atoms. The normalized spacial score (nSPS) is 15.9. The van der Waals surface area contributed by atoms with E-state index in [1.54, 1.807) is 14.2 Å². The molecule has 0 bridgehead atoms. The molecule has 0 spiro atoms. The van der Waals surface area contributed by atoms with E-state index in [2.05, 4.69) is 32.1 Å². The van der Waals surface area contributed by atoms with E-state index in [9.17, 15) is 0 Å². The molecule has 0 N–H and O–H groups in total. The van der Waals surface area contributed by atoms with E-state index in [4.69, 9.17) is 23.5 Å². The summed E-state index contributed by atoms with van der Waals surface area (Å²) < 4.78 is 27.1. The van der Waals surface area contributed by atoms with E-state index >= 15 is 0 Å². The number of piperazine rings is 1. The largest absolute Gasteiger partial charge is 0.493 e. The predicted molar refractivity (Wildman–Crippen MR) is 113 cm³/mol. The van der Waals surface area contributed by atoms with E-state index in [1.165, 1.54) is 5.56 Å². The molecule has 2 aliphatic heterocycles. The molecule has 0 atom stereocenters. The Bertz CT molecular complexity index is 1060. The summed E-state index contributed by atoms with van der Waals surface area (Å²) in [6, 6.07) is 12.2. The van der Waals surface area contributed by atoms with E-state index in [-0.39, 0.29) is 0 Å². The molecule has 0 aliphatic carbocycles. The van der Waals surface area contributed by atoms with E-state index in [0.717, 1.165) is 49.8 Å². The number of rotatable bonds is 6. The molecule has 2 aliphatic rings. The van der Waals surface area contributed by atoms with Crippen molar-refractivity contribution in [2.24, 2.45) is 0 Å². The Morgan fingerprint density at radius 3 is 2.52 bits per heavy atom. The van der Waals surface area contributed by atoms with E-state index in [1.807, 2.05) is 24.3 Å². The number of anilines is 1. The van der Waals surface area contributed by atoms with Crippen LogP contribution in [0.25, 0.3) is 11.4 Å². The summed E-state index contributed by atoms with van der Waals surface area (Å²) >= 11 is 0. The van der Waals surface area contributed by atoms with Gasteiger partial charge in [0.25, 0.3) is 0 Å². The Kier molecular flexibility index (Phi) is 5.25. The van der Waals surface area contributed by atoms with Gasteiger partial charge in [0.2, 0.25) is 12.6 Å². The molecule has 0 unspecified atom stereocenters. The third-order valence-corrected chi connectivity index (χ3v) is 5.54. The van der Waals surface area contributed by atoms with Crippen LogP contribution in [0.15, 0.2) is 40.9 Å². The first-order valence-electron chi connectivity index (χ1n) is 10.2. The maximum absolute atomic E-state index is 5.54. The van der Waals surface area contributed by atoms with Gasteiger partial charge in [0.05, 0.1) is 14.2 Å². The van der Waals surface area contributed by atoms with Crippen molar-refractivity contribution in [1.29, 1.82) is 0 Å². The van der Waals surface area contributed by atoms with Gasteiger partial charge in [-0.15, -0.1) is 0 Å². The topological polar surface area (TPSA) is 82.3 Å². The van der Waals surface area contributed by atoms with Crippen LogP contribution < -0.4 is 23.8 Å². The minimum absolute atomic E-state index is 0.299. The molecule has 1 aromatic heterocycles. The van der Waals surface area contributed by atoms with Crippen LogP contribution in [-0.2, 0) is 6.54 Å². The second-order valence-corrected chi connectivity index (χ2v) is 7.42. The van der Waals surface area contributed by atoms with Crippen molar-refractivity contribution < 1.29 is 23.5 Å². The third-order valence-electron chi connectivity index (χ3n) is 5.54. The van der Waals surface area contributed by atoms with Crippen molar-refractivity contribution in [3.63, 3.8) is 0 Å². The van der Waals surface area contributed by atoms with Gasteiger partial charge in [-0.3, -0.25) is 4.90 Å². The fourth-order valence-electron chi connectivity index (χ4n) is 3.83. The van der Waals surface area contributed by atoms with Crippen LogP contribution in [0.3, 0.4) is 0 Å². The molecule has 0 radical (unpaired) electrons. The molecule has 1 saturated heterocycles. The molecule has 0 amide bonds. The zero-order valence-corrected chi connectivity index (χ0v) is 17.5. The van der Waals surface area contributed by atoms with Crippen LogP contribution in [0, 0.1) is 0 Å². The summed E-state index contributed by atoms with van der Waals surface area (Å²) in [6.45, 7) is 4.61. The number of hydrogen-bond acceptors (Lipinski definition) is 9. The first-order chi connectivity index (χ1) is 15.2. The molecular formula is C22H24N4O5. The Balaban J connectivity index is 1.21. The average molecular weight is 424 g/mol. The van der Waals surface area contributed by atoms with Gasteiger partial charge in [0.1, 0.15) is 0 Å². The standard InChI is InChI=1S/C22H24N4O5/c1-27-17-6-4-16(12-19(17)28-2)21-23-22(31-24-21)26-9-7-25(8-10-26)13-15-3-5-18-20(11-15)30-14-29-18/h3-6,11-12H,7-10,13-14H2,1-2H3. The number of hydrogen-bond donors (Lipinski definition) is 0. The van der Waals surface area contributed by atoms with Crippen LogP contribution in [0.4, 0.5) is 6.01 Å². The van der Waals surface area contributed by atoms with Gasteiger partial charge in [-0.1, -0.05) is 11.2 Å². The number of fused-ring (bicyclic) bond motifs is 1. The second kappa shape index (κ2) is 8.35. The monoisotopic (exact) mass is 424 g/mol. The third kappa shape index (κ3) is 3.96. The van der Waals surface area contributed by atoms with E-state index in [0.29, 0.717) is 30.1 Å². The van der Waals surface area contributed by atoms with Crippen molar-refractivity contribution in [3.05, 3.63) is 42.0 Å². The number of ether oxygens (including phenoxy) is 4. The highest BCUT2D eigenvalue weighted by Crippen LogP contribution is 2.33. The van der Waals surface area contributed by atoms with Crippen LogP contribution in [0.5, 0.6) is 23.0 Å². The first-order valence-corrected chi connectivity index (χ1v) is 10.2. The highest BCUT2D eigenvalue weighted by atomic mass is 16.7. The predicted octanol–water partition coefficient (Wildman–Crippen LogP) is 2.80. The number of benzene rings is 2. The van der Waals surface area contributed by atoms with Gasteiger partial charge in [-0.2, -0.15) is 4.98 Å². The van der Waals surface area contributed by atoms with Crippen molar-refractivity contribution in [3.8, 4) is 34.4 Å². The zero-order chi connectivity index (χ0) is 21.2. The van der Waals surface area contributed by atoms with Crippen LogP contribution in [0.2, 0.25) is 0 Å². The lowest BCUT2D eigenvalue weighted by Crippen LogP contribution is -2.46. The van der Waals surface area contributed by atoms with Gasteiger partial charge >= 0.3 is 6.01 Å². The van der Waals surface area contributed by atoms with E-state index < -0.39 is 0 Å². The maximum atomic E-state index is 5.54. The second-order valence-electron chi connectivity index (χ2n) is 7.42. The quantitative estimate of drug-likeness (QED) is 0.593. The molecule has 1 fully saturated rings. The van der Waals surface area contributed by atoms with Gasteiger partial charge in [0, 0.05) is 38.3 Å². The fraction of sp³-hybridized carbons (Fsp3) is 0.364. The lowest BCUT2D eigenvalue weighted by Gasteiger charge is -2.33. The van der Waals surface area contributed by atoms with Gasteiger partial charge in [-0.05, 0) is 35.9 Å². The van der Waals surface area contributed by atoms with Crippen molar-refractivity contribution in [1.82, 2.24) is 15.0 Å².